The van der Waals surface area contributed by atoms with Crippen LogP contribution in [0.4, 0.5) is 0 Å². The average Bonchev–Trinajstić information content (AvgIpc) is 3.32. The second-order valence-electron chi connectivity index (χ2n) is 6.87. The Hall–Kier alpha value is -3.31. The van der Waals surface area contributed by atoms with E-state index in [-0.39, 0.29) is 0 Å². The molecule has 1 amide bonds. The molecule has 0 atom stereocenters. The van der Waals surface area contributed by atoms with Gasteiger partial charge in [-0.15, -0.1) is 0 Å². The smallest absolute Gasteiger partial charge is 0.250 e. The van der Waals surface area contributed by atoms with Crippen molar-refractivity contribution >= 4 is 17.5 Å². The van der Waals surface area contributed by atoms with Crippen LogP contribution in [0, 0.1) is 6.92 Å². The fraction of sp³-hybridized carbons (Fsp3) is 0.130. The van der Waals surface area contributed by atoms with E-state index in [0.29, 0.717) is 28.6 Å². The van der Waals surface area contributed by atoms with Gasteiger partial charge in [-0.3, -0.25) is 4.79 Å². The molecule has 2 N–H and O–H groups in total. The molecule has 0 radical (unpaired) electrons. The molecule has 0 saturated carbocycles. The maximum Gasteiger partial charge on any atom is 0.250 e. The Balaban J connectivity index is 1.70. The highest BCUT2D eigenvalue weighted by molar-refractivity contribution is 6.30. The third-order valence-corrected chi connectivity index (χ3v) is 5.21. The number of benzene rings is 2. The van der Waals surface area contributed by atoms with Crippen molar-refractivity contribution in [3.63, 3.8) is 0 Å². The summed E-state index contributed by atoms with van der Waals surface area (Å²) in [7, 11) is 0. The van der Waals surface area contributed by atoms with Gasteiger partial charge in [-0.25, -0.2) is 0 Å². The highest BCUT2D eigenvalue weighted by Crippen LogP contribution is 2.29. The van der Waals surface area contributed by atoms with E-state index >= 15 is 0 Å². The number of halogens is 1. The van der Waals surface area contributed by atoms with Gasteiger partial charge in [0.1, 0.15) is 5.69 Å². The number of hydrogen-bond acceptors (Lipinski definition) is 3. The number of rotatable bonds is 6. The number of carbonyl (C=O) groups is 1. The molecule has 0 saturated heterocycles. The number of amides is 1. The quantitative estimate of drug-likeness (QED) is 0.484. The lowest BCUT2D eigenvalue weighted by atomic mass is 10.1. The van der Waals surface area contributed by atoms with Gasteiger partial charge in [0, 0.05) is 28.9 Å². The Kier molecular flexibility index (Phi) is 5.23. The molecule has 2 aromatic carbocycles. The summed E-state index contributed by atoms with van der Waals surface area (Å²) in [5, 5.41) is 4.94. The van der Waals surface area contributed by atoms with E-state index in [2.05, 4.69) is 5.16 Å². The van der Waals surface area contributed by atoms with Crippen LogP contribution in [0.3, 0.4) is 0 Å². The summed E-state index contributed by atoms with van der Waals surface area (Å²) >= 11 is 6.10. The first kappa shape index (κ1) is 19.0. The molecule has 5 nitrogen and oxygen atoms in total. The summed E-state index contributed by atoms with van der Waals surface area (Å²) in [6, 6.07) is 21.2. The van der Waals surface area contributed by atoms with Crippen LogP contribution in [-0.4, -0.2) is 15.6 Å². The molecule has 0 bridgehead atoms. The normalized spacial score (nSPS) is 11.0. The predicted molar refractivity (Wildman–Crippen MR) is 114 cm³/mol. The van der Waals surface area contributed by atoms with Crippen molar-refractivity contribution in [1.82, 2.24) is 9.72 Å². The van der Waals surface area contributed by atoms with Crippen LogP contribution in [0.2, 0.25) is 5.02 Å². The monoisotopic (exact) mass is 405 g/mol. The Morgan fingerprint density at radius 3 is 2.62 bits per heavy atom. The van der Waals surface area contributed by atoms with Crippen LogP contribution >= 0.6 is 11.6 Å². The Morgan fingerprint density at radius 1 is 1.10 bits per heavy atom. The summed E-state index contributed by atoms with van der Waals surface area (Å²) in [6.45, 7) is 2.54. The van der Waals surface area contributed by atoms with Gasteiger partial charge in [-0.2, -0.15) is 0 Å². The average molecular weight is 406 g/mol. The maximum atomic E-state index is 11.9. The fourth-order valence-electron chi connectivity index (χ4n) is 3.46. The number of nitrogens with two attached hydrogens (primary N) is 1. The van der Waals surface area contributed by atoms with Gasteiger partial charge in [0.25, 0.3) is 5.91 Å². The zero-order valence-electron chi connectivity index (χ0n) is 15.9. The van der Waals surface area contributed by atoms with Crippen molar-refractivity contribution in [1.29, 1.82) is 0 Å². The van der Waals surface area contributed by atoms with Crippen molar-refractivity contribution < 1.29 is 9.32 Å². The molecular weight excluding hydrogens is 386 g/mol. The van der Waals surface area contributed by atoms with E-state index in [1.54, 1.807) is 6.07 Å². The summed E-state index contributed by atoms with van der Waals surface area (Å²) in [5.74, 6) is 0.207. The zero-order valence-corrected chi connectivity index (χ0v) is 16.7. The topological polar surface area (TPSA) is 74.1 Å². The molecule has 146 valence electrons. The minimum absolute atomic E-state index is 0.461. The second-order valence-corrected chi connectivity index (χ2v) is 7.30. The molecule has 2 aromatic heterocycles. The molecule has 0 aliphatic carbocycles. The van der Waals surface area contributed by atoms with Crippen molar-refractivity contribution in [2.45, 2.75) is 19.9 Å². The van der Waals surface area contributed by atoms with E-state index in [1.807, 2.05) is 72.2 Å². The van der Waals surface area contributed by atoms with Gasteiger partial charge < -0.3 is 14.8 Å². The molecule has 6 heteroatoms. The lowest BCUT2D eigenvalue weighted by molar-refractivity contribution is 0.0999. The van der Waals surface area contributed by atoms with Crippen molar-refractivity contribution in [3.05, 3.63) is 88.6 Å². The van der Waals surface area contributed by atoms with Crippen molar-refractivity contribution in [3.8, 4) is 22.7 Å². The van der Waals surface area contributed by atoms with E-state index in [9.17, 15) is 4.79 Å². The van der Waals surface area contributed by atoms with E-state index in [0.717, 1.165) is 28.9 Å². The summed E-state index contributed by atoms with van der Waals surface area (Å²) in [4.78, 5) is 11.9. The van der Waals surface area contributed by atoms with Crippen LogP contribution in [0.1, 0.15) is 21.6 Å². The molecule has 0 fully saturated rings. The highest BCUT2D eigenvalue weighted by Gasteiger charge is 2.19. The molecule has 0 aliphatic heterocycles. The summed E-state index contributed by atoms with van der Waals surface area (Å²) in [5.41, 5.74) is 10.4. The zero-order chi connectivity index (χ0) is 20.4. The maximum absolute atomic E-state index is 11.9. The molecule has 2 heterocycles. The number of hydrogen-bond donors (Lipinski definition) is 1. The van der Waals surface area contributed by atoms with E-state index < -0.39 is 5.91 Å². The van der Waals surface area contributed by atoms with E-state index in [1.165, 1.54) is 0 Å². The van der Waals surface area contributed by atoms with Crippen LogP contribution in [0.5, 0.6) is 0 Å². The number of aryl methyl sites for hydroxylation is 1. The summed E-state index contributed by atoms with van der Waals surface area (Å²) in [6.07, 6.45) is 0.755. The standard InChI is InChI=1S/C23H20ClN3O2/c1-15-19(23(25)28)13-21(27(15)11-10-16-6-5-9-18(24)12-16)20-14-22(29-26-20)17-7-3-2-4-8-17/h2-9,12-14H,10-11H2,1H3,(H2,25,28). The molecule has 4 rings (SSSR count). The van der Waals surface area contributed by atoms with Gasteiger partial charge in [-0.1, -0.05) is 59.2 Å². The minimum Gasteiger partial charge on any atom is -0.366 e. The van der Waals surface area contributed by atoms with Crippen molar-refractivity contribution in [2.24, 2.45) is 5.73 Å². The van der Waals surface area contributed by atoms with Gasteiger partial charge >= 0.3 is 0 Å². The lowest BCUT2D eigenvalue weighted by Gasteiger charge is -2.11. The van der Waals surface area contributed by atoms with Crippen molar-refractivity contribution in [2.75, 3.05) is 0 Å². The Morgan fingerprint density at radius 2 is 1.90 bits per heavy atom. The highest BCUT2D eigenvalue weighted by atomic mass is 35.5. The first-order valence-corrected chi connectivity index (χ1v) is 9.67. The number of nitrogens with zero attached hydrogens (tertiary/aromatic N) is 2. The summed E-state index contributed by atoms with van der Waals surface area (Å²) < 4.78 is 7.60. The Labute approximate surface area is 173 Å². The predicted octanol–water partition coefficient (Wildman–Crippen LogP) is 5.11. The van der Waals surface area contributed by atoms with Gasteiger partial charge in [0.2, 0.25) is 0 Å². The van der Waals surface area contributed by atoms with Gasteiger partial charge in [0.15, 0.2) is 5.76 Å². The molecule has 0 spiro atoms. The third-order valence-electron chi connectivity index (χ3n) is 4.98. The fourth-order valence-corrected chi connectivity index (χ4v) is 3.68. The van der Waals surface area contributed by atoms with Gasteiger partial charge in [-0.05, 0) is 37.1 Å². The molecule has 4 aromatic rings. The largest absolute Gasteiger partial charge is 0.366 e. The lowest BCUT2D eigenvalue weighted by Crippen LogP contribution is -2.13. The third kappa shape index (κ3) is 3.96. The molecule has 0 unspecified atom stereocenters. The molecule has 29 heavy (non-hydrogen) atoms. The first-order valence-electron chi connectivity index (χ1n) is 9.30. The van der Waals surface area contributed by atoms with E-state index in [4.69, 9.17) is 21.9 Å². The molecular formula is C23H20ClN3O2. The van der Waals surface area contributed by atoms with Crippen LogP contribution in [0.25, 0.3) is 22.7 Å². The first-order chi connectivity index (χ1) is 14.0. The molecule has 0 aliphatic rings. The Bertz CT molecular complexity index is 1160. The number of aromatic nitrogens is 2. The van der Waals surface area contributed by atoms with Crippen LogP contribution in [0.15, 0.2) is 71.3 Å². The second kappa shape index (κ2) is 7.97. The van der Waals surface area contributed by atoms with Crippen LogP contribution < -0.4 is 5.73 Å². The minimum atomic E-state index is -0.461. The number of carbonyl (C=O) groups excluding carboxylic acids is 1. The SMILES string of the molecule is Cc1c(C(N)=O)cc(-c2cc(-c3ccccc3)on2)n1CCc1cccc(Cl)c1. The number of primary amides is 1. The van der Waals surface area contributed by atoms with Crippen LogP contribution in [-0.2, 0) is 13.0 Å². The van der Waals surface area contributed by atoms with Gasteiger partial charge in [0.05, 0.1) is 11.3 Å².